The predicted molar refractivity (Wildman–Crippen MR) is 123 cm³/mol. The Morgan fingerprint density at radius 1 is 1.19 bits per heavy atom. The average molecular weight is 448 g/mol. The molecule has 4 aromatic rings. The van der Waals surface area contributed by atoms with Gasteiger partial charge in [-0.05, 0) is 68.3 Å². The maximum Gasteiger partial charge on any atom is 0.261 e. The molecule has 1 N–H and O–H groups in total. The number of aryl methyl sites for hydroxylation is 1. The van der Waals surface area contributed by atoms with Gasteiger partial charge in [0.2, 0.25) is 0 Å². The maximum absolute atomic E-state index is 13.8. The first-order valence-corrected chi connectivity index (χ1v) is 10.9. The topological polar surface area (TPSA) is 88.8 Å². The van der Waals surface area contributed by atoms with Gasteiger partial charge in [0.25, 0.3) is 5.91 Å². The lowest BCUT2D eigenvalue weighted by Crippen LogP contribution is -2.49. The molecule has 0 radical (unpaired) electrons. The number of hydrogen-bond donors (Lipinski definition) is 1. The lowest BCUT2D eigenvalue weighted by Gasteiger charge is -2.35. The number of aromatic nitrogens is 5. The number of nitrogens with zero attached hydrogens (tertiary/aromatic N) is 6. The van der Waals surface area contributed by atoms with Crippen LogP contribution in [0.4, 0.5) is 5.82 Å². The molecule has 32 heavy (non-hydrogen) atoms. The molecule has 4 heterocycles. The molecule has 1 aliphatic heterocycles. The van der Waals surface area contributed by atoms with E-state index in [9.17, 15) is 4.79 Å². The molecule has 1 aliphatic rings. The van der Waals surface area contributed by atoms with Crippen molar-refractivity contribution in [3.8, 4) is 5.69 Å². The van der Waals surface area contributed by atoms with Crippen molar-refractivity contribution in [2.45, 2.75) is 25.8 Å². The molecular weight excluding hydrogens is 426 g/mol. The Labute approximate surface area is 190 Å². The van der Waals surface area contributed by atoms with E-state index >= 15 is 0 Å². The van der Waals surface area contributed by atoms with Gasteiger partial charge in [0.05, 0.1) is 22.3 Å². The Morgan fingerprint density at radius 3 is 2.81 bits per heavy atom. The molecule has 1 saturated heterocycles. The van der Waals surface area contributed by atoms with Crippen LogP contribution < -0.4 is 10.2 Å². The third-order valence-corrected chi connectivity index (χ3v) is 6.01. The van der Waals surface area contributed by atoms with Gasteiger partial charge in [-0.25, -0.2) is 9.97 Å². The highest BCUT2D eigenvalue weighted by Crippen LogP contribution is 2.28. The monoisotopic (exact) mass is 447 g/mol. The van der Waals surface area contributed by atoms with Crippen molar-refractivity contribution in [1.29, 1.82) is 0 Å². The van der Waals surface area contributed by atoms with Gasteiger partial charge in [-0.2, -0.15) is 4.68 Å². The van der Waals surface area contributed by atoms with Crippen LogP contribution in [0, 0.1) is 6.92 Å². The third-order valence-electron chi connectivity index (χ3n) is 5.70. The molecule has 0 saturated carbocycles. The van der Waals surface area contributed by atoms with Crippen molar-refractivity contribution in [2.75, 3.05) is 18.0 Å². The van der Waals surface area contributed by atoms with E-state index < -0.39 is 0 Å². The molecule has 1 fully saturated rings. The molecule has 162 valence electrons. The fourth-order valence-electron chi connectivity index (χ4n) is 4.10. The van der Waals surface area contributed by atoms with Crippen LogP contribution in [-0.2, 0) is 0 Å². The molecule has 0 aliphatic carbocycles. The number of anilines is 1. The minimum Gasteiger partial charge on any atom is -0.315 e. The molecule has 1 atom stereocenters. The number of halogens is 1. The van der Waals surface area contributed by atoms with Crippen LogP contribution in [0.2, 0.25) is 5.02 Å². The lowest BCUT2D eigenvalue weighted by molar-refractivity contribution is 0.0971. The highest BCUT2D eigenvalue weighted by molar-refractivity contribution is 6.34. The first kappa shape index (κ1) is 20.5. The van der Waals surface area contributed by atoms with E-state index in [1.54, 1.807) is 34.1 Å². The molecule has 8 nitrogen and oxygen atoms in total. The number of amides is 1. The number of piperidine rings is 1. The van der Waals surface area contributed by atoms with E-state index in [4.69, 9.17) is 11.6 Å². The summed E-state index contributed by atoms with van der Waals surface area (Å²) in [7, 11) is 0. The van der Waals surface area contributed by atoms with Gasteiger partial charge in [0.1, 0.15) is 11.3 Å². The van der Waals surface area contributed by atoms with Crippen molar-refractivity contribution in [3.63, 3.8) is 0 Å². The Morgan fingerprint density at radius 2 is 2.03 bits per heavy atom. The number of hydrogen-bond acceptors (Lipinski definition) is 6. The van der Waals surface area contributed by atoms with Gasteiger partial charge in [0, 0.05) is 18.9 Å². The van der Waals surface area contributed by atoms with Crippen molar-refractivity contribution in [1.82, 2.24) is 30.3 Å². The van der Waals surface area contributed by atoms with Gasteiger partial charge >= 0.3 is 0 Å². The Bertz CT molecular complexity index is 1280. The highest BCUT2D eigenvalue weighted by Gasteiger charge is 2.30. The zero-order valence-electron chi connectivity index (χ0n) is 17.6. The van der Waals surface area contributed by atoms with E-state index in [1.165, 1.54) is 0 Å². The summed E-state index contributed by atoms with van der Waals surface area (Å²) < 4.78 is 1.61. The minimum atomic E-state index is -0.168. The van der Waals surface area contributed by atoms with Crippen LogP contribution in [0.5, 0.6) is 0 Å². The summed E-state index contributed by atoms with van der Waals surface area (Å²) in [5.74, 6) is 0.497. The molecule has 1 amide bonds. The number of carbonyl (C=O) groups excluding carboxylic acids is 1. The molecule has 5 rings (SSSR count). The maximum atomic E-state index is 13.8. The number of carbonyl (C=O) groups is 1. The second-order valence-corrected chi connectivity index (χ2v) is 8.24. The van der Waals surface area contributed by atoms with Crippen molar-refractivity contribution in [3.05, 3.63) is 71.0 Å². The van der Waals surface area contributed by atoms with E-state index in [2.05, 4.69) is 25.6 Å². The highest BCUT2D eigenvalue weighted by atomic mass is 35.5. The summed E-state index contributed by atoms with van der Waals surface area (Å²) in [6.07, 6.45) is 5.31. The van der Waals surface area contributed by atoms with Crippen LogP contribution in [0.15, 0.2) is 54.9 Å². The summed E-state index contributed by atoms with van der Waals surface area (Å²) in [4.78, 5) is 24.4. The van der Waals surface area contributed by atoms with Gasteiger partial charge in [-0.15, -0.1) is 5.10 Å². The van der Waals surface area contributed by atoms with Crippen molar-refractivity contribution in [2.24, 2.45) is 0 Å². The number of rotatable bonds is 4. The first-order chi connectivity index (χ1) is 15.6. The van der Waals surface area contributed by atoms with E-state index in [0.717, 1.165) is 24.9 Å². The van der Waals surface area contributed by atoms with Crippen LogP contribution in [0.3, 0.4) is 0 Å². The first-order valence-electron chi connectivity index (χ1n) is 10.6. The van der Waals surface area contributed by atoms with E-state index in [0.29, 0.717) is 39.8 Å². The van der Waals surface area contributed by atoms with E-state index in [1.807, 2.05) is 37.3 Å². The molecule has 0 bridgehead atoms. The molecule has 1 aromatic carbocycles. The SMILES string of the molecule is Cc1cccnc1N(C(=O)c1ccc(-n2nnc3cccnc32)cc1Cl)[C@@H]1CCCNC1. The summed E-state index contributed by atoms with van der Waals surface area (Å²) in [6.45, 7) is 3.63. The fraction of sp³-hybridized carbons (Fsp3) is 0.261. The predicted octanol–water partition coefficient (Wildman–Crippen LogP) is 3.57. The summed E-state index contributed by atoms with van der Waals surface area (Å²) in [5.41, 5.74) is 3.36. The second-order valence-electron chi connectivity index (χ2n) is 7.83. The van der Waals surface area contributed by atoms with Crippen molar-refractivity contribution >= 4 is 34.5 Å². The smallest absolute Gasteiger partial charge is 0.261 e. The van der Waals surface area contributed by atoms with Gasteiger partial charge in [-0.1, -0.05) is 22.9 Å². The summed E-state index contributed by atoms with van der Waals surface area (Å²) in [6, 6.07) is 12.8. The Kier molecular flexibility index (Phi) is 5.55. The number of nitrogens with one attached hydrogen (secondary N) is 1. The van der Waals surface area contributed by atoms with Crippen LogP contribution in [0.25, 0.3) is 16.9 Å². The molecule has 0 spiro atoms. The lowest BCUT2D eigenvalue weighted by atomic mass is 10.0. The number of fused-ring (bicyclic) bond motifs is 1. The van der Waals surface area contributed by atoms with E-state index in [-0.39, 0.29) is 11.9 Å². The van der Waals surface area contributed by atoms with Gasteiger partial charge < -0.3 is 5.32 Å². The second kappa shape index (κ2) is 8.64. The largest absolute Gasteiger partial charge is 0.315 e. The fourth-order valence-corrected chi connectivity index (χ4v) is 4.35. The summed E-state index contributed by atoms with van der Waals surface area (Å²) >= 11 is 6.64. The number of benzene rings is 1. The standard InChI is InChI=1S/C23H22ClN7O/c1-15-5-2-11-26-21(15)30(17-6-3-10-25-14-17)23(32)18-9-8-16(13-19(18)24)31-22-20(28-29-31)7-4-12-27-22/h2,4-5,7-9,11-13,17,25H,3,6,10,14H2,1H3/t17-/m1/s1. The quantitative estimate of drug-likeness (QED) is 0.514. The van der Waals surface area contributed by atoms with Crippen LogP contribution >= 0.6 is 11.6 Å². The molecule has 9 heteroatoms. The molecular formula is C23H22ClN7O. The van der Waals surface area contributed by atoms with Crippen molar-refractivity contribution < 1.29 is 4.79 Å². The minimum absolute atomic E-state index is 0.00375. The summed E-state index contributed by atoms with van der Waals surface area (Å²) in [5, 5.41) is 12.1. The van der Waals surface area contributed by atoms with Crippen LogP contribution in [-0.4, -0.2) is 50.0 Å². The normalized spacial score (nSPS) is 16.2. The zero-order chi connectivity index (χ0) is 22.1. The zero-order valence-corrected chi connectivity index (χ0v) is 18.3. The van der Waals surface area contributed by atoms with Gasteiger partial charge in [-0.3, -0.25) is 9.69 Å². The van der Waals surface area contributed by atoms with Crippen LogP contribution in [0.1, 0.15) is 28.8 Å². The molecule has 3 aromatic heterocycles. The van der Waals surface area contributed by atoms with Gasteiger partial charge in [0.15, 0.2) is 5.65 Å². The number of pyridine rings is 2. The third kappa shape index (κ3) is 3.72. The average Bonchev–Trinajstić information content (AvgIpc) is 3.25. The Hall–Kier alpha value is -3.36. The molecule has 0 unspecified atom stereocenters. The Balaban J connectivity index is 1.53.